The first-order valence-electron chi connectivity index (χ1n) is 20.9. The average Bonchev–Trinajstić information content (AvgIpc) is 3.49. The third kappa shape index (κ3) is 7.23. The summed E-state index contributed by atoms with van der Waals surface area (Å²) in [6.45, 7) is 22.2. The van der Waals surface area contributed by atoms with E-state index in [2.05, 4.69) is 63.5 Å². The summed E-state index contributed by atoms with van der Waals surface area (Å²) in [5.74, 6) is 2.11. The van der Waals surface area contributed by atoms with Crippen molar-refractivity contribution < 1.29 is 28.7 Å². The molecule has 294 valence electrons. The number of carbonyl (C=O) groups is 4. The molecule has 2 amide bonds. The second-order valence-electron chi connectivity index (χ2n) is 19.2. The van der Waals surface area contributed by atoms with Crippen LogP contribution in [0.2, 0.25) is 0 Å². The number of carbonyl (C=O) groups excluding carboxylic acids is 4. The molecular weight excluding hydrogens is 652 g/mol. The van der Waals surface area contributed by atoms with Crippen LogP contribution in [0.3, 0.4) is 0 Å². The highest BCUT2D eigenvalue weighted by Gasteiger charge is 2.72. The molecule has 5 rings (SSSR count). The van der Waals surface area contributed by atoms with Crippen LogP contribution < -0.4 is 10.6 Å². The van der Waals surface area contributed by atoms with Gasteiger partial charge in [-0.3, -0.25) is 19.2 Å². The molecule has 0 bridgehead atoms. The van der Waals surface area contributed by atoms with E-state index in [9.17, 15) is 19.2 Å². The minimum atomic E-state index is -0.363. The molecule has 0 heterocycles. The Balaban J connectivity index is 1.20. The molecule has 5 fully saturated rings. The van der Waals surface area contributed by atoms with Crippen molar-refractivity contribution in [3.8, 4) is 0 Å². The second kappa shape index (κ2) is 15.8. The molecular formula is C44H72N2O6. The predicted octanol–water partition coefficient (Wildman–Crippen LogP) is 8.71. The Labute approximate surface area is 315 Å². The van der Waals surface area contributed by atoms with Crippen LogP contribution in [-0.2, 0) is 28.7 Å². The second-order valence-corrected chi connectivity index (χ2v) is 19.2. The van der Waals surface area contributed by atoms with E-state index >= 15 is 0 Å². The van der Waals surface area contributed by atoms with E-state index in [-0.39, 0.29) is 63.9 Å². The van der Waals surface area contributed by atoms with Crippen LogP contribution >= 0.6 is 0 Å². The van der Waals surface area contributed by atoms with Gasteiger partial charge in [-0.05, 0) is 130 Å². The number of esters is 2. The van der Waals surface area contributed by atoms with Crippen molar-refractivity contribution in [1.29, 1.82) is 0 Å². The number of fused-ring (bicyclic) bond motifs is 7. The van der Waals surface area contributed by atoms with Gasteiger partial charge in [0, 0.05) is 31.8 Å². The maximum Gasteiger partial charge on any atom is 0.306 e. The van der Waals surface area contributed by atoms with E-state index in [0.29, 0.717) is 42.0 Å². The number of hydrogen-bond donors (Lipinski definition) is 2. The maximum absolute atomic E-state index is 14.4. The molecule has 0 aromatic carbocycles. The molecule has 0 radical (unpaired) electrons. The van der Waals surface area contributed by atoms with Crippen LogP contribution in [-0.4, -0.2) is 50.1 Å². The smallest absolute Gasteiger partial charge is 0.306 e. The zero-order chi connectivity index (χ0) is 38.1. The third-order valence-corrected chi connectivity index (χ3v) is 16.5. The molecule has 52 heavy (non-hydrogen) atoms. The van der Waals surface area contributed by atoms with Crippen LogP contribution in [0.5, 0.6) is 0 Å². The Hall–Kier alpha value is -2.38. The van der Waals surface area contributed by atoms with Gasteiger partial charge in [0.05, 0.1) is 18.9 Å². The number of hydrogen-bond acceptors (Lipinski definition) is 6. The van der Waals surface area contributed by atoms with Crippen molar-refractivity contribution in [2.24, 2.45) is 56.7 Å². The maximum atomic E-state index is 14.4. The first-order valence-corrected chi connectivity index (χ1v) is 20.9. The molecule has 0 spiro atoms. The van der Waals surface area contributed by atoms with Gasteiger partial charge in [-0.15, -0.1) is 0 Å². The summed E-state index contributed by atoms with van der Waals surface area (Å²) in [6, 6.07) is 0. The van der Waals surface area contributed by atoms with E-state index in [1.165, 1.54) is 38.4 Å². The van der Waals surface area contributed by atoms with Gasteiger partial charge in [0.15, 0.2) is 0 Å². The van der Waals surface area contributed by atoms with Gasteiger partial charge in [0.1, 0.15) is 6.10 Å². The van der Waals surface area contributed by atoms with Gasteiger partial charge >= 0.3 is 11.9 Å². The topological polar surface area (TPSA) is 111 Å². The van der Waals surface area contributed by atoms with Gasteiger partial charge in [0.25, 0.3) is 0 Å². The average molecular weight is 725 g/mol. The zero-order valence-corrected chi connectivity index (χ0v) is 34.1. The van der Waals surface area contributed by atoms with Gasteiger partial charge in [-0.25, -0.2) is 0 Å². The molecule has 5 aliphatic rings. The largest absolute Gasteiger partial charge is 0.469 e. The Kier molecular flexibility index (Phi) is 12.4. The van der Waals surface area contributed by atoms with E-state index in [1.807, 2.05) is 0 Å². The summed E-state index contributed by atoms with van der Waals surface area (Å²) in [6.07, 6.45) is 16.4. The number of methoxy groups -OCH3 is 1. The number of allylic oxidation sites excluding steroid dienone is 1. The lowest BCUT2D eigenvalue weighted by atomic mass is 9.32. The summed E-state index contributed by atoms with van der Waals surface area (Å²) in [5, 5.41) is 6.35. The van der Waals surface area contributed by atoms with Crippen molar-refractivity contribution in [3.63, 3.8) is 0 Å². The summed E-state index contributed by atoms with van der Waals surface area (Å²) < 4.78 is 10.6. The van der Waals surface area contributed by atoms with Crippen LogP contribution in [0, 0.1) is 56.7 Å². The lowest BCUT2D eigenvalue weighted by molar-refractivity contribution is -0.248. The van der Waals surface area contributed by atoms with Crippen molar-refractivity contribution >= 4 is 23.8 Å². The Morgan fingerprint density at radius 3 is 2.04 bits per heavy atom. The molecule has 2 N–H and O–H groups in total. The Bertz CT molecular complexity index is 1360. The van der Waals surface area contributed by atoms with E-state index in [1.54, 1.807) is 6.92 Å². The zero-order valence-electron chi connectivity index (χ0n) is 34.1. The van der Waals surface area contributed by atoms with E-state index in [0.717, 1.165) is 77.2 Å². The number of amides is 2. The molecule has 0 unspecified atom stereocenters. The monoisotopic (exact) mass is 725 g/mol. The summed E-state index contributed by atoms with van der Waals surface area (Å²) in [7, 11) is 1.33. The molecule has 5 saturated carbocycles. The fourth-order valence-corrected chi connectivity index (χ4v) is 13.7. The molecule has 8 heteroatoms. The van der Waals surface area contributed by atoms with Gasteiger partial charge in [0.2, 0.25) is 11.8 Å². The number of unbranched alkanes of at least 4 members (excludes halogenated alkanes) is 4. The summed E-state index contributed by atoms with van der Waals surface area (Å²) in [5.41, 5.74) is 1.53. The number of rotatable bonds is 14. The summed E-state index contributed by atoms with van der Waals surface area (Å²) in [4.78, 5) is 49.6. The minimum absolute atomic E-state index is 0.00595. The Morgan fingerprint density at radius 1 is 0.712 bits per heavy atom. The first kappa shape index (κ1) is 40.8. The van der Waals surface area contributed by atoms with Crippen LogP contribution in [0.15, 0.2) is 12.2 Å². The van der Waals surface area contributed by atoms with Gasteiger partial charge in [-0.1, -0.05) is 66.0 Å². The third-order valence-electron chi connectivity index (χ3n) is 16.5. The Morgan fingerprint density at radius 2 is 1.38 bits per heavy atom. The number of ether oxygens (including phenoxy) is 2. The van der Waals surface area contributed by atoms with Gasteiger partial charge in [-0.2, -0.15) is 0 Å². The fraction of sp³-hybridized carbons (Fsp3) is 0.864. The lowest BCUT2D eigenvalue weighted by Gasteiger charge is -2.72. The molecule has 10 atom stereocenters. The molecule has 5 aliphatic carbocycles. The molecule has 0 saturated heterocycles. The van der Waals surface area contributed by atoms with Gasteiger partial charge < -0.3 is 20.1 Å². The molecule has 8 nitrogen and oxygen atoms in total. The predicted molar refractivity (Wildman–Crippen MR) is 205 cm³/mol. The highest BCUT2D eigenvalue weighted by Crippen LogP contribution is 2.77. The van der Waals surface area contributed by atoms with Crippen molar-refractivity contribution in [1.82, 2.24) is 10.6 Å². The van der Waals surface area contributed by atoms with E-state index < -0.39 is 0 Å². The van der Waals surface area contributed by atoms with Crippen molar-refractivity contribution in [2.75, 3.05) is 20.2 Å². The fourth-order valence-electron chi connectivity index (χ4n) is 13.7. The van der Waals surface area contributed by atoms with Crippen LogP contribution in [0.1, 0.15) is 158 Å². The van der Waals surface area contributed by atoms with Crippen LogP contribution in [0.4, 0.5) is 0 Å². The number of nitrogens with one attached hydrogen (secondary N) is 2. The molecule has 0 aliphatic heterocycles. The lowest BCUT2D eigenvalue weighted by Crippen LogP contribution is -2.67. The summed E-state index contributed by atoms with van der Waals surface area (Å²) >= 11 is 0. The molecule has 0 aromatic heterocycles. The SMILES string of the molecule is C=C(C)[C@@H]1CC[C@]2(C(=O)NCCCCCCCNC(=O)CCC(=O)OC)CC[C@]3(C)[C@H](CC[C@@H]4[C@@]5(C)CC[C@H](OC(C)=O)C(C)(C)[C@@H]5CC[C@]43C)[C@@H]12. The normalized spacial score (nSPS) is 38.8. The highest BCUT2D eigenvalue weighted by molar-refractivity contribution is 5.84. The minimum Gasteiger partial charge on any atom is -0.469 e. The standard InChI is InChI=1S/C44H72N2O6/c1-29(2)31-19-24-44(39(50)46-28-14-12-10-11-13-27-45-36(48)17-18-37(49)51-9)26-25-42(7)32(38(31)44)15-16-34-41(6)22-21-35(52-30(3)47)40(4,5)33(41)20-23-43(34,42)8/h31-35,38H,1,10-28H2,2-9H3,(H,45,48)(H,46,50)/t31-,32+,33-,34+,35-,38+,41-,42+,43+,44-/m0/s1. The highest BCUT2D eigenvalue weighted by atomic mass is 16.5. The quantitative estimate of drug-likeness (QED) is 0.105. The van der Waals surface area contributed by atoms with E-state index in [4.69, 9.17) is 4.74 Å². The first-order chi connectivity index (χ1) is 24.5. The van der Waals surface area contributed by atoms with Crippen LogP contribution in [0.25, 0.3) is 0 Å². The van der Waals surface area contributed by atoms with Crippen molar-refractivity contribution in [3.05, 3.63) is 12.2 Å². The molecule has 0 aromatic rings. The van der Waals surface area contributed by atoms with Crippen molar-refractivity contribution in [2.45, 2.75) is 164 Å².